The van der Waals surface area contributed by atoms with Crippen molar-refractivity contribution in [1.82, 2.24) is 4.90 Å². The van der Waals surface area contributed by atoms with E-state index in [1.807, 2.05) is 43.3 Å². The number of hydrogen-bond donors (Lipinski definition) is 0. The highest BCUT2D eigenvalue weighted by Gasteiger charge is 2.11. The highest BCUT2D eigenvalue weighted by atomic mass is 35.5. The number of benzene rings is 1. The molecule has 0 spiro atoms. The summed E-state index contributed by atoms with van der Waals surface area (Å²) in [5.74, 6) is 0. The predicted molar refractivity (Wildman–Crippen MR) is 65.8 cm³/mol. The molecule has 0 aliphatic rings. The molecule has 0 heterocycles. The molecule has 1 aromatic carbocycles. The number of halogens is 3. The molecule has 0 aliphatic carbocycles. The highest BCUT2D eigenvalue weighted by molar-refractivity contribution is 6.32. The van der Waals surface area contributed by atoms with E-state index in [1.54, 1.807) is 0 Å². The third-order valence-electron chi connectivity index (χ3n) is 1.77. The number of rotatable bonds is 3. The Morgan fingerprint density at radius 3 is 2.36 bits per heavy atom. The molecule has 0 aromatic heterocycles. The van der Waals surface area contributed by atoms with Crippen LogP contribution >= 0.6 is 35.6 Å². The van der Waals surface area contributed by atoms with E-state index in [-0.39, 0.29) is 17.8 Å². The molecular weight excluding hydrogens is 240 g/mol. The first-order chi connectivity index (χ1) is 6.11. The monoisotopic (exact) mass is 253 g/mol. The zero-order valence-corrected chi connectivity index (χ0v) is 10.5. The van der Waals surface area contributed by atoms with Crippen LogP contribution < -0.4 is 0 Å². The van der Waals surface area contributed by atoms with E-state index in [9.17, 15) is 0 Å². The maximum atomic E-state index is 6.18. The van der Waals surface area contributed by atoms with E-state index in [2.05, 4.69) is 0 Å². The van der Waals surface area contributed by atoms with Gasteiger partial charge in [0.1, 0.15) is 0 Å². The molecule has 0 radical (unpaired) electrons. The summed E-state index contributed by atoms with van der Waals surface area (Å²) in [6, 6.07) is 7.68. The second-order valence-electron chi connectivity index (χ2n) is 3.25. The fourth-order valence-corrected chi connectivity index (χ4v) is 1.94. The lowest BCUT2D eigenvalue weighted by molar-refractivity contribution is 0.408. The van der Waals surface area contributed by atoms with Gasteiger partial charge in [-0.05, 0) is 25.7 Å². The Balaban J connectivity index is 0.00000169. The lowest BCUT2D eigenvalue weighted by Crippen LogP contribution is -2.17. The largest absolute Gasteiger partial charge is 0.308 e. The summed E-state index contributed by atoms with van der Waals surface area (Å²) in [5, 5.41) is 0.702. The molecule has 0 bridgehead atoms. The summed E-state index contributed by atoms with van der Waals surface area (Å²) in [4.78, 5) is 2.04. The van der Waals surface area contributed by atoms with Crippen molar-refractivity contribution in [3.05, 3.63) is 34.9 Å². The Morgan fingerprint density at radius 1 is 1.29 bits per heavy atom. The molecule has 1 nitrogen and oxygen atoms in total. The molecule has 80 valence electrons. The van der Waals surface area contributed by atoms with Crippen molar-refractivity contribution in [2.24, 2.45) is 0 Å². The quantitative estimate of drug-likeness (QED) is 0.745. The zero-order valence-electron chi connectivity index (χ0n) is 8.21. The first kappa shape index (κ1) is 14.1. The van der Waals surface area contributed by atoms with E-state index >= 15 is 0 Å². The molecule has 0 fully saturated rings. The Morgan fingerprint density at radius 2 is 1.86 bits per heavy atom. The molecule has 0 saturated heterocycles. The Labute approximate surface area is 101 Å². The van der Waals surface area contributed by atoms with Crippen LogP contribution in [0, 0.1) is 0 Å². The van der Waals surface area contributed by atoms with Gasteiger partial charge in [0.05, 0.1) is 5.38 Å². The number of alkyl halides is 1. The van der Waals surface area contributed by atoms with E-state index in [0.717, 1.165) is 17.1 Å². The topological polar surface area (TPSA) is 3.24 Å². The van der Waals surface area contributed by atoms with Gasteiger partial charge >= 0.3 is 0 Å². The van der Waals surface area contributed by atoms with Crippen LogP contribution in [-0.4, -0.2) is 25.5 Å². The van der Waals surface area contributed by atoms with Crippen molar-refractivity contribution in [2.75, 3.05) is 20.6 Å². The van der Waals surface area contributed by atoms with Gasteiger partial charge in [-0.25, -0.2) is 0 Å². The van der Waals surface area contributed by atoms with Crippen molar-refractivity contribution in [2.45, 2.75) is 5.38 Å². The van der Waals surface area contributed by atoms with Gasteiger partial charge in [0.25, 0.3) is 0 Å². The third kappa shape index (κ3) is 4.05. The van der Waals surface area contributed by atoms with Crippen LogP contribution in [0.4, 0.5) is 0 Å². The average Bonchev–Trinajstić information content (AvgIpc) is 2.03. The van der Waals surface area contributed by atoms with Crippen LogP contribution in [0.5, 0.6) is 0 Å². The molecule has 1 aromatic rings. The standard InChI is InChI=1S/C10H13Cl2N.ClH/c1-13(2)7-10(12)8-5-3-4-6-9(8)11;/h3-6,10H,7H2,1-2H3;1H. The minimum atomic E-state index is -0.0382. The zero-order chi connectivity index (χ0) is 9.84. The fraction of sp³-hybridized carbons (Fsp3) is 0.400. The third-order valence-corrected chi connectivity index (χ3v) is 2.49. The van der Waals surface area contributed by atoms with E-state index in [4.69, 9.17) is 23.2 Å². The van der Waals surface area contributed by atoms with Gasteiger partial charge < -0.3 is 4.90 Å². The normalized spacial score (nSPS) is 12.4. The molecule has 0 saturated carbocycles. The Bertz CT molecular complexity index is 276. The minimum Gasteiger partial charge on any atom is -0.308 e. The smallest absolute Gasteiger partial charge is 0.0726 e. The summed E-state index contributed by atoms with van der Waals surface area (Å²) in [6.07, 6.45) is 0. The highest BCUT2D eigenvalue weighted by Crippen LogP contribution is 2.27. The average molecular weight is 255 g/mol. The van der Waals surface area contributed by atoms with Crippen molar-refractivity contribution in [3.8, 4) is 0 Å². The molecule has 1 unspecified atom stereocenters. The molecule has 0 aliphatic heterocycles. The molecule has 14 heavy (non-hydrogen) atoms. The predicted octanol–water partition coefficient (Wildman–Crippen LogP) is 3.60. The lowest BCUT2D eigenvalue weighted by atomic mass is 10.1. The SMILES string of the molecule is CN(C)CC(Cl)c1ccccc1Cl.Cl. The maximum Gasteiger partial charge on any atom is 0.0726 e. The molecule has 1 atom stereocenters. The van der Waals surface area contributed by atoms with E-state index in [0.29, 0.717) is 0 Å². The number of nitrogens with zero attached hydrogens (tertiary/aromatic N) is 1. The van der Waals surface area contributed by atoms with Crippen LogP contribution in [0.1, 0.15) is 10.9 Å². The van der Waals surface area contributed by atoms with Crippen molar-refractivity contribution in [1.29, 1.82) is 0 Å². The number of hydrogen-bond acceptors (Lipinski definition) is 1. The van der Waals surface area contributed by atoms with Crippen molar-refractivity contribution in [3.63, 3.8) is 0 Å². The van der Waals surface area contributed by atoms with Crippen LogP contribution in [0.3, 0.4) is 0 Å². The second kappa shape index (κ2) is 6.52. The minimum absolute atomic E-state index is 0. The molecular formula is C10H14Cl3N. The molecule has 0 amide bonds. The first-order valence-corrected chi connectivity index (χ1v) is 4.96. The lowest BCUT2D eigenvalue weighted by Gasteiger charge is -2.16. The van der Waals surface area contributed by atoms with Crippen LogP contribution in [0.2, 0.25) is 5.02 Å². The Hall–Kier alpha value is 0.0500. The van der Waals surface area contributed by atoms with Gasteiger partial charge in [0, 0.05) is 11.6 Å². The van der Waals surface area contributed by atoms with Gasteiger partial charge in [-0.3, -0.25) is 0 Å². The summed E-state index contributed by atoms with van der Waals surface area (Å²) in [5.41, 5.74) is 1.000. The van der Waals surface area contributed by atoms with Gasteiger partial charge in [-0.1, -0.05) is 29.8 Å². The summed E-state index contributed by atoms with van der Waals surface area (Å²) >= 11 is 12.2. The second-order valence-corrected chi connectivity index (χ2v) is 4.19. The fourth-order valence-electron chi connectivity index (χ4n) is 1.15. The van der Waals surface area contributed by atoms with Crippen LogP contribution in [-0.2, 0) is 0 Å². The van der Waals surface area contributed by atoms with Gasteiger partial charge in [0.15, 0.2) is 0 Å². The summed E-state index contributed by atoms with van der Waals surface area (Å²) in [7, 11) is 3.98. The molecule has 1 rings (SSSR count). The van der Waals surface area contributed by atoms with E-state index in [1.165, 1.54) is 0 Å². The van der Waals surface area contributed by atoms with Gasteiger partial charge in [0.2, 0.25) is 0 Å². The van der Waals surface area contributed by atoms with Gasteiger partial charge in [-0.15, -0.1) is 24.0 Å². The molecule has 4 heteroatoms. The summed E-state index contributed by atoms with van der Waals surface area (Å²) in [6.45, 7) is 0.797. The number of likely N-dealkylation sites (N-methyl/N-ethyl adjacent to an activating group) is 1. The van der Waals surface area contributed by atoms with Crippen LogP contribution in [0.25, 0.3) is 0 Å². The van der Waals surface area contributed by atoms with Crippen molar-refractivity contribution < 1.29 is 0 Å². The Kier molecular flexibility index (Phi) is 6.54. The van der Waals surface area contributed by atoms with E-state index < -0.39 is 0 Å². The summed E-state index contributed by atoms with van der Waals surface area (Å²) < 4.78 is 0. The maximum absolute atomic E-state index is 6.18. The molecule has 0 N–H and O–H groups in total. The van der Waals surface area contributed by atoms with Gasteiger partial charge in [-0.2, -0.15) is 0 Å². The first-order valence-electron chi connectivity index (χ1n) is 4.14. The van der Waals surface area contributed by atoms with Crippen molar-refractivity contribution >= 4 is 35.6 Å². The van der Waals surface area contributed by atoms with Crippen LogP contribution in [0.15, 0.2) is 24.3 Å².